The lowest BCUT2D eigenvalue weighted by Crippen LogP contribution is -2.30. The maximum absolute atomic E-state index is 11.7. The number of anilines is 2. The second-order valence-corrected chi connectivity index (χ2v) is 3.60. The first-order chi connectivity index (χ1) is 7.65. The second kappa shape index (κ2) is 6.12. The molecular formula is C12H18N2O2. The molecule has 88 valence electrons. The van der Waals surface area contributed by atoms with Crippen molar-refractivity contribution < 1.29 is 9.53 Å². The Morgan fingerprint density at radius 2 is 2.00 bits per heavy atom. The number of hydrogen-bond donors (Lipinski definition) is 1. The Bertz CT molecular complexity index is 335. The first-order valence-corrected chi connectivity index (χ1v) is 5.35. The van der Waals surface area contributed by atoms with Crippen molar-refractivity contribution in [2.45, 2.75) is 13.3 Å². The standard InChI is InChI=1S/C12H18N2O2/c1-3-8-16-9-12(15)14(2)11-6-4-10(13)5-7-11/h4-7H,3,8-9,13H2,1-2H3. The van der Waals surface area contributed by atoms with Gasteiger partial charge in [0.1, 0.15) is 6.61 Å². The van der Waals surface area contributed by atoms with Gasteiger partial charge in [0.15, 0.2) is 0 Å². The van der Waals surface area contributed by atoms with Crippen molar-refractivity contribution in [1.82, 2.24) is 0 Å². The van der Waals surface area contributed by atoms with Gasteiger partial charge in [-0.2, -0.15) is 0 Å². The summed E-state index contributed by atoms with van der Waals surface area (Å²) in [4.78, 5) is 13.2. The highest BCUT2D eigenvalue weighted by Gasteiger charge is 2.10. The molecule has 0 aromatic heterocycles. The smallest absolute Gasteiger partial charge is 0.252 e. The minimum atomic E-state index is -0.0572. The van der Waals surface area contributed by atoms with Crippen LogP contribution in [-0.4, -0.2) is 26.2 Å². The van der Waals surface area contributed by atoms with Crippen LogP contribution in [0.4, 0.5) is 11.4 Å². The summed E-state index contributed by atoms with van der Waals surface area (Å²) in [5.74, 6) is -0.0572. The third kappa shape index (κ3) is 3.55. The molecule has 4 heteroatoms. The van der Waals surface area contributed by atoms with Crippen molar-refractivity contribution in [1.29, 1.82) is 0 Å². The van der Waals surface area contributed by atoms with Crippen LogP contribution < -0.4 is 10.6 Å². The number of rotatable bonds is 5. The number of hydrogen-bond acceptors (Lipinski definition) is 3. The van der Waals surface area contributed by atoms with E-state index in [9.17, 15) is 4.79 Å². The Hall–Kier alpha value is -1.55. The van der Waals surface area contributed by atoms with E-state index in [2.05, 4.69) is 0 Å². The van der Waals surface area contributed by atoms with E-state index in [1.165, 1.54) is 0 Å². The van der Waals surface area contributed by atoms with Gasteiger partial charge in [0.25, 0.3) is 5.91 Å². The highest BCUT2D eigenvalue weighted by atomic mass is 16.5. The van der Waals surface area contributed by atoms with Gasteiger partial charge in [-0.1, -0.05) is 6.92 Å². The molecule has 4 nitrogen and oxygen atoms in total. The van der Waals surface area contributed by atoms with Gasteiger partial charge in [0.05, 0.1) is 0 Å². The second-order valence-electron chi connectivity index (χ2n) is 3.60. The quantitative estimate of drug-likeness (QED) is 0.609. The summed E-state index contributed by atoms with van der Waals surface area (Å²) in [6.45, 7) is 2.74. The Labute approximate surface area is 96.0 Å². The molecule has 0 aliphatic rings. The van der Waals surface area contributed by atoms with Gasteiger partial charge in [-0.15, -0.1) is 0 Å². The van der Waals surface area contributed by atoms with Crippen LogP contribution in [0.15, 0.2) is 24.3 Å². The fourth-order valence-electron chi connectivity index (χ4n) is 1.24. The lowest BCUT2D eigenvalue weighted by atomic mass is 10.2. The SMILES string of the molecule is CCCOCC(=O)N(C)c1ccc(N)cc1. The zero-order chi connectivity index (χ0) is 12.0. The monoisotopic (exact) mass is 222 g/mol. The van der Waals surface area contributed by atoms with Crippen LogP contribution in [0.25, 0.3) is 0 Å². The van der Waals surface area contributed by atoms with Crippen molar-refractivity contribution >= 4 is 17.3 Å². The maximum Gasteiger partial charge on any atom is 0.252 e. The van der Waals surface area contributed by atoms with Crippen molar-refractivity contribution in [3.8, 4) is 0 Å². The van der Waals surface area contributed by atoms with E-state index >= 15 is 0 Å². The molecule has 1 aromatic carbocycles. The lowest BCUT2D eigenvalue weighted by molar-refractivity contribution is -0.122. The summed E-state index contributed by atoms with van der Waals surface area (Å²) in [6.07, 6.45) is 0.916. The summed E-state index contributed by atoms with van der Waals surface area (Å²) >= 11 is 0. The van der Waals surface area contributed by atoms with Crippen molar-refractivity contribution in [3.05, 3.63) is 24.3 Å². The number of benzene rings is 1. The molecule has 0 heterocycles. The van der Waals surface area contributed by atoms with Crippen molar-refractivity contribution in [3.63, 3.8) is 0 Å². The molecular weight excluding hydrogens is 204 g/mol. The Morgan fingerprint density at radius 1 is 1.38 bits per heavy atom. The van der Waals surface area contributed by atoms with Gasteiger partial charge in [-0.05, 0) is 30.7 Å². The van der Waals surface area contributed by atoms with Gasteiger partial charge in [0.2, 0.25) is 0 Å². The number of carbonyl (C=O) groups excluding carboxylic acids is 1. The summed E-state index contributed by atoms with van der Waals surface area (Å²) in [7, 11) is 1.73. The predicted molar refractivity (Wildman–Crippen MR) is 65.4 cm³/mol. The first-order valence-electron chi connectivity index (χ1n) is 5.35. The molecule has 16 heavy (non-hydrogen) atoms. The number of nitrogens with zero attached hydrogens (tertiary/aromatic N) is 1. The van der Waals surface area contributed by atoms with Crippen LogP contribution in [0.3, 0.4) is 0 Å². The fraction of sp³-hybridized carbons (Fsp3) is 0.417. The van der Waals surface area contributed by atoms with E-state index in [1.54, 1.807) is 24.1 Å². The first kappa shape index (κ1) is 12.5. The third-order valence-electron chi connectivity index (χ3n) is 2.23. The summed E-state index contributed by atoms with van der Waals surface area (Å²) < 4.78 is 5.20. The van der Waals surface area contributed by atoms with Crippen LogP contribution in [0.1, 0.15) is 13.3 Å². The van der Waals surface area contributed by atoms with Crippen LogP contribution in [-0.2, 0) is 9.53 Å². The molecule has 0 spiro atoms. The van der Waals surface area contributed by atoms with E-state index in [4.69, 9.17) is 10.5 Å². The lowest BCUT2D eigenvalue weighted by Gasteiger charge is -2.17. The third-order valence-corrected chi connectivity index (χ3v) is 2.23. The Kier molecular flexibility index (Phi) is 4.79. The van der Waals surface area contributed by atoms with Crippen LogP contribution in [0.2, 0.25) is 0 Å². The number of amides is 1. The molecule has 1 rings (SSSR count). The summed E-state index contributed by atoms with van der Waals surface area (Å²) in [5, 5.41) is 0. The van der Waals surface area contributed by atoms with Crippen molar-refractivity contribution in [2.24, 2.45) is 0 Å². The summed E-state index contributed by atoms with van der Waals surface area (Å²) in [6, 6.07) is 7.16. The average Bonchev–Trinajstić information content (AvgIpc) is 2.29. The van der Waals surface area contributed by atoms with E-state index < -0.39 is 0 Å². The number of ether oxygens (including phenoxy) is 1. The highest BCUT2D eigenvalue weighted by Crippen LogP contribution is 2.14. The molecule has 1 amide bonds. The molecule has 0 saturated heterocycles. The van der Waals surface area contributed by atoms with E-state index in [0.29, 0.717) is 12.3 Å². The molecule has 0 saturated carbocycles. The fourth-order valence-corrected chi connectivity index (χ4v) is 1.24. The summed E-state index contributed by atoms with van der Waals surface area (Å²) in [5.41, 5.74) is 7.08. The Morgan fingerprint density at radius 3 is 2.56 bits per heavy atom. The van der Waals surface area contributed by atoms with Gasteiger partial charge in [0, 0.05) is 25.0 Å². The molecule has 2 N–H and O–H groups in total. The maximum atomic E-state index is 11.7. The normalized spacial score (nSPS) is 10.1. The number of carbonyl (C=O) groups is 1. The zero-order valence-electron chi connectivity index (χ0n) is 9.77. The van der Waals surface area contributed by atoms with Gasteiger partial charge in [-0.3, -0.25) is 4.79 Å². The number of nitrogens with two attached hydrogens (primary N) is 1. The Balaban J connectivity index is 2.53. The molecule has 0 bridgehead atoms. The molecule has 0 unspecified atom stereocenters. The minimum Gasteiger partial charge on any atom is -0.399 e. The number of likely N-dealkylation sites (N-methyl/N-ethyl adjacent to an activating group) is 1. The molecule has 1 aromatic rings. The van der Waals surface area contributed by atoms with E-state index in [0.717, 1.165) is 12.1 Å². The van der Waals surface area contributed by atoms with Crippen molar-refractivity contribution in [2.75, 3.05) is 30.9 Å². The highest BCUT2D eigenvalue weighted by molar-refractivity contribution is 5.93. The van der Waals surface area contributed by atoms with Crippen LogP contribution in [0.5, 0.6) is 0 Å². The molecule has 0 aliphatic carbocycles. The van der Waals surface area contributed by atoms with E-state index in [1.807, 2.05) is 19.1 Å². The largest absolute Gasteiger partial charge is 0.399 e. The zero-order valence-corrected chi connectivity index (χ0v) is 9.77. The topological polar surface area (TPSA) is 55.6 Å². The molecule has 0 aliphatic heterocycles. The molecule has 0 fully saturated rings. The number of nitrogen functional groups attached to an aromatic ring is 1. The van der Waals surface area contributed by atoms with E-state index in [-0.39, 0.29) is 12.5 Å². The minimum absolute atomic E-state index is 0.0572. The van der Waals surface area contributed by atoms with Gasteiger partial charge in [-0.25, -0.2) is 0 Å². The average molecular weight is 222 g/mol. The van der Waals surface area contributed by atoms with Gasteiger partial charge < -0.3 is 15.4 Å². The predicted octanol–water partition coefficient (Wildman–Crippen LogP) is 1.66. The molecule has 0 radical (unpaired) electrons. The van der Waals surface area contributed by atoms with Crippen LogP contribution in [0, 0.1) is 0 Å². The van der Waals surface area contributed by atoms with Crippen LogP contribution >= 0.6 is 0 Å². The molecule has 0 atom stereocenters. The van der Waals surface area contributed by atoms with Gasteiger partial charge >= 0.3 is 0 Å².